The molecule has 6 heteroatoms. The number of furan rings is 1. The fourth-order valence-corrected chi connectivity index (χ4v) is 2.89. The molecule has 0 radical (unpaired) electrons. The van der Waals surface area contributed by atoms with E-state index in [0.29, 0.717) is 16.7 Å². The van der Waals surface area contributed by atoms with Crippen LogP contribution < -0.4 is 5.56 Å². The molecule has 2 aromatic heterocycles. The molecule has 3 aromatic rings. The number of para-hydroxylation sites is 1. The molecular weight excluding hydrogens is 308 g/mol. The van der Waals surface area contributed by atoms with E-state index < -0.39 is 6.10 Å². The Balaban J connectivity index is 1.49. The van der Waals surface area contributed by atoms with Gasteiger partial charge in [0, 0.05) is 5.92 Å². The number of hydrogen-bond acceptors (Lipinski definition) is 5. The van der Waals surface area contributed by atoms with Crippen LogP contribution in [0.15, 0.2) is 51.9 Å². The van der Waals surface area contributed by atoms with Gasteiger partial charge in [-0.3, -0.25) is 9.59 Å². The van der Waals surface area contributed by atoms with Crippen molar-refractivity contribution in [1.29, 1.82) is 0 Å². The van der Waals surface area contributed by atoms with Crippen molar-refractivity contribution >= 4 is 16.9 Å². The monoisotopic (exact) mass is 324 g/mol. The molecule has 122 valence electrons. The number of nitrogens with zero attached hydrogens (tertiary/aromatic N) is 1. The first-order chi connectivity index (χ1) is 11.6. The van der Waals surface area contributed by atoms with Gasteiger partial charge in [-0.15, -0.1) is 0 Å². The standard InChI is InChI=1S/C18H16N2O4/c1-10(16-19-14-6-3-2-5-11(14)17(21)20-16)24-18(22)13-9-12(13)15-7-4-8-23-15/h2-8,10,12-13H,9H2,1H3,(H,19,20,21)/t10-,12+,13+/m0/s1. The number of hydrogen-bond donors (Lipinski definition) is 1. The number of aromatic amines is 1. The zero-order valence-electron chi connectivity index (χ0n) is 13.1. The molecule has 1 aromatic carbocycles. The molecule has 0 saturated heterocycles. The van der Waals surface area contributed by atoms with Gasteiger partial charge in [0.05, 0.1) is 23.1 Å². The lowest BCUT2D eigenvalue weighted by molar-refractivity contribution is -0.150. The number of fused-ring (bicyclic) bond motifs is 1. The number of esters is 1. The Labute approximate surface area is 137 Å². The zero-order chi connectivity index (χ0) is 16.7. The zero-order valence-corrected chi connectivity index (χ0v) is 13.1. The maximum absolute atomic E-state index is 12.3. The molecule has 4 rings (SSSR count). The van der Waals surface area contributed by atoms with Crippen molar-refractivity contribution in [3.05, 3.63) is 64.6 Å². The van der Waals surface area contributed by atoms with Crippen LogP contribution in [-0.2, 0) is 9.53 Å². The largest absolute Gasteiger partial charge is 0.469 e. The molecule has 0 aliphatic heterocycles. The summed E-state index contributed by atoms with van der Waals surface area (Å²) in [5.41, 5.74) is 0.345. The maximum Gasteiger partial charge on any atom is 0.310 e. The molecule has 24 heavy (non-hydrogen) atoms. The summed E-state index contributed by atoms with van der Waals surface area (Å²) in [6.45, 7) is 1.70. The molecule has 1 aliphatic carbocycles. The summed E-state index contributed by atoms with van der Waals surface area (Å²) in [4.78, 5) is 31.4. The summed E-state index contributed by atoms with van der Waals surface area (Å²) in [6, 6.07) is 10.7. The third-order valence-corrected chi connectivity index (χ3v) is 4.31. The van der Waals surface area contributed by atoms with E-state index in [0.717, 1.165) is 12.2 Å². The van der Waals surface area contributed by atoms with Gasteiger partial charge in [-0.2, -0.15) is 0 Å². The van der Waals surface area contributed by atoms with Crippen LogP contribution in [0.25, 0.3) is 10.9 Å². The summed E-state index contributed by atoms with van der Waals surface area (Å²) in [7, 11) is 0. The molecule has 0 unspecified atom stereocenters. The first kappa shape index (κ1) is 14.7. The number of H-pyrrole nitrogens is 1. The minimum atomic E-state index is -0.618. The van der Waals surface area contributed by atoms with E-state index in [4.69, 9.17) is 9.15 Å². The van der Waals surface area contributed by atoms with E-state index in [-0.39, 0.29) is 23.4 Å². The second-order valence-electron chi connectivity index (χ2n) is 6.01. The van der Waals surface area contributed by atoms with Crippen molar-refractivity contribution in [1.82, 2.24) is 9.97 Å². The number of ether oxygens (including phenoxy) is 1. The third kappa shape index (κ3) is 2.60. The summed E-state index contributed by atoms with van der Waals surface area (Å²) < 4.78 is 10.8. The molecule has 1 saturated carbocycles. The van der Waals surface area contributed by atoms with Crippen LogP contribution in [0.3, 0.4) is 0 Å². The lowest BCUT2D eigenvalue weighted by Crippen LogP contribution is -2.18. The highest BCUT2D eigenvalue weighted by atomic mass is 16.5. The predicted octanol–water partition coefficient (Wildman–Crippen LogP) is 2.92. The summed E-state index contributed by atoms with van der Waals surface area (Å²) in [5.74, 6) is 0.762. The second-order valence-corrected chi connectivity index (χ2v) is 6.01. The fourth-order valence-electron chi connectivity index (χ4n) is 2.89. The van der Waals surface area contributed by atoms with Crippen LogP contribution >= 0.6 is 0 Å². The van der Waals surface area contributed by atoms with Crippen molar-refractivity contribution in [2.75, 3.05) is 0 Å². The van der Waals surface area contributed by atoms with E-state index in [1.54, 1.807) is 31.4 Å². The van der Waals surface area contributed by atoms with Gasteiger partial charge < -0.3 is 14.1 Å². The van der Waals surface area contributed by atoms with Gasteiger partial charge in [0.15, 0.2) is 11.9 Å². The molecule has 0 spiro atoms. The van der Waals surface area contributed by atoms with Gasteiger partial charge in [-0.25, -0.2) is 4.98 Å². The van der Waals surface area contributed by atoms with E-state index in [2.05, 4.69) is 9.97 Å². The lowest BCUT2D eigenvalue weighted by Gasteiger charge is -2.13. The molecule has 1 fully saturated rings. The quantitative estimate of drug-likeness (QED) is 0.746. The average molecular weight is 324 g/mol. The van der Waals surface area contributed by atoms with Crippen LogP contribution in [0.5, 0.6) is 0 Å². The molecule has 0 bridgehead atoms. The van der Waals surface area contributed by atoms with Crippen molar-refractivity contribution in [2.45, 2.75) is 25.4 Å². The van der Waals surface area contributed by atoms with Crippen LogP contribution in [0.1, 0.15) is 37.0 Å². The molecule has 3 atom stereocenters. The number of benzene rings is 1. The minimum Gasteiger partial charge on any atom is -0.469 e. The van der Waals surface area contributed by atoms with Crippen LogP contribution in [0.4, 0.5) is 0 Å². The molecule has 1 aliphatic rings. The Morgan fingerprint density at radius 3 is 2.96 bits per heavy atom. The van der Waals surface area contributed by atoms with Crippen LogP contribution in [-0.4, -0.2) is 15.9 Å². The number of aromatic nitrogens is 2. The summed E-state index contributed by atoms with van der Waals surface area (Å²) in [6.07, 6.45) is 1.70. The highest BCUT2D eigenvalue weighted by Gasteiger charge is 2.47. The second kappa shape index (κ2) is 5.63. The Morgan fingerprint density at radius 1 is 1.33 bits per heavy atom. The predicted molar refractivity (Wildman–Crippen MR) is 86.4 cm³/mol. The molecule has 1 N–H and O–H groups in total. The number of carbonyl (C=O) groups is 1. The van der Waals surface area contributed by atoms with Gasteiger partial charge >= 0.3 is 5.97 Å². The number of nitrogens with one attached hydrogen (secondary N) is 1. The van der Waals surface area contributed by atoms with Crippen molar-refractivity contribution in [3.63, 3.8) is 0 Å². The molecule has 6 nitrogen and oxygen atoms in total. The summed E-state index contributed by atoms with van der Waals surface area (Å²) >= 11 is 0. The highest BCUT2D eigenvalue weighted by Crippen LogP contribution is 2.48. The van der Waals surface area contributed by atoms with Crippen LogP contribution in [0, 0.1) is 5.92 Å². The number of carbonyl (C=O) groups excluding carboxylic acids is 1. The van der Waals surface area contributed by atoms with E-state index in [1.807, 2.05) is 18.2 Å². The molecule has 0 amide bonds. The smallest absolute Gasteiger partial charge is 0.310 e. The SMILES string of the molecule is C[C@H](OC(=O)[C@@H]1C[C@H]1c1ccco1)c1nc2ccccc2c(=O)[nH]1. The Hall–Kier alpha value is -2.89. The maximum atomic E-state index is 12.3. The lowest BCUT2D eigenvalue weighted by atomic mass is 10.2. The summed E-state index contributed by atoms with van der Waals surface area (Å²) in [5, 5.41) is 0.514. The fraction of sp³-hybridized carbons (Fsp3) is 0.278. The highest BCUT2D eigenvalue weighted by molar-refractivity contribution is 5.78. The normalized spacial score (nSPS) is 20.7. The van der Waals surface area contributed by atoms with E-state index in [9.17, 15) is 9.59 Å². The third-order valence-electron chi connectivity index (χ3n) is 4.31. The van der Waals surface area contributed by atoms with E-state index >= 15 is 0 Å². The van der Waals surface area contributed by atoms with Crippen LogP contribution in [0.2, 0.25) is 0 Å². The first-order valence-corrected chi connectivity index (χ1v) is 7.86. The Bertz CT molecular complexity index is 945. The Morgan fingerprint density at radius 2 is 2.17 bits per heavy atom. The average Bonchev–Trinajstić information content (AvgIpc) is 3.20. The van der Waals surface area contributed by atoms with E-state index in [1.165, 1.54) is 0 Å². The minimum absolute atomic E-state index is 0.0864. The van der Waals surface area contributed by atoms with Gasteiger partial charge in [0.2, 0.25) is 0 Å². The van der Waals surface area contributed by atoms with Crippen molar-refractivity contribution in [3.8, 4) is 0 Å². The Kier molecular flexibility index (Phi) is 3.45. The van der Waals surface area contributed by atoms with Gasteiger partial charge in [0.1, 0.15) is 5.76 Å². The van der Waals surface area contributed by atoms with Gasteiger partial charge in [-0.05, 0) is 37.6 Å². The van der Waals surface area contributed by atoms with Gasteiger partial charge in [-0.1, -0.05) is 12.1 Å². The van der Waals surface area contributed by atoms with Gasteiger partial charge in [0.25, 0.3) is 5.56 Å². The molecular formula is C18H16N2O4. The number of rotatable bonds is 4. The van der Waals surface area contributed by atoms with Crippen molar-refractivity contribution < 1.29 is 13.9 Å². The topological polar surface area (TPSA) is 85.2 Å². The van der Waals surface area contributed by atoms with Crippen molar-refractivity contribution in [2.24, 2.45) is 5.92 Å². The molecule has 2 heterocycles. The first-order valence-electron chi connectivity index (χ1n) is 7.86.